The van der Waals surface area contributed by atoms with Crippen LogP contribution in [0.25, 0.3) is 0 Å². The highest BCUT2D eigenvalue weighted by atomic mass is 32.2. The average Bonchev–Trinajstić information content (AvgIpc) is 2.03. The third-order valence-corrected chi connectivity index (χ3v) is 4.26. The molecule has 1 fully saturated rings. The van der Waals surface area contributed by atoms with Crippen molar-refractivity contribution >= 4 is 29.1 Å². The van der Waals surface area contributed by atoms with Crippen LogP contribution in [0.2, 0.25) is 0 Å². The normalized spacial score (nSPS) is 19.5. The van der Waals surface area contributed by atoms with Gasteiger partial charge in [-0.3, -0.25) is 0 Å². The van der Waals surface area contributed by atoms with Crippen molar-refractivity contribution in [3.8, 4) is 0 Å². The maximum absolute atomic E-state index is 5.01. The number of thioether (sulfide) groups is 1. The molecule has 0 bridgehead atoms. The van der Waals surface area contributed by atoms with Gasteiger partial charge in [-0.2, -0.15) is 11.8 Å². The summed E-state index contributed by atoms with van der Waals surface area (Å²) in [4.78, 5) is 0. The van der Waals surface area contributed by atoms with E-state index >= 15 is 0 Å². The summed E-state index contributed by atoms with van der Waals surface area (Å²) < 4.78 is 0.473. The van der Waals surface area contributed by atoms with Crippen LogP contribution in [0, 0.1) is 0 Å². The first kappa shape index (κ1) is 10.1. The fourth-order valence-electron chi connectivity index (χ4n) is 1.35. The Morgan fingerprint density at radius 3 is 2.58 bits per heavy atom. The third-order valence-electron chi connectivity index (χ3n) is 2.50. The molecule has 0 radical (unpaired) electrons. The maximum atomic E-state index is 5.01. The molecule has 0 atom stereocenters. The van der Waals surface area contributed by atoms with Crippen LogP contribution in [0.4, 0.5) is 0 Å². The standard InChI is InChI=1S/C8H16N2S2/c1-9-7(11)10-6-8(12-2)4-3-5-8/h3-6H2,1-2H3,(H2,9,10,11). The van der Waals surface area contributed by atoms with Gasteiger partial charge in [0.15, 0.2) is 5.11 Å². The summed E-state index contributed by atoms with van der Waals surface area (Å²) >= 11 is 6.97. The average molecular weight is 204 g/mol. The Morgan fingerprint density at radius 2 is 2.25 bits per heavy atom. The molecule has 0 unspecified atom stereocenters. The van der Waals surface area contributed by atoms with Crippen LogP contribution in [0.15, 0.2) is 0 Å². The second-order valence-electron chi connectivity index (χ2n) is 3.17. The van der Waals surface area contributed by atoms with Crippen LogP contribution < -0.4 is 10.6 Å². The summed E-state index contributed by atoms with van der Waals surface area (Å²) in [5.41, 5.74) is 0. The van der Waals surface area contributed by atoms with Crippen molar-refractivity contribution in [3.63, 3.8) is 0 Å². The number of rotatable bonds is 3. The van der Waals surface area contributed by atoms with E-state index in [2.05, 4.69) is 16.9 Å². The Bertz CT molecular complexity index is 161. The molecule has 0 aromatic heterocycles. The highest BCUT2D eigenvalue weighted by Crippen LogP contribution is 2.41. The monoisotopic (exact) mass is 204 g/mol. The molecule has 1 aliphatic carbocycles. The van der Waals surface area contributed by atoms with Crippen LogP contribution in [-0.4, -0.2) is 29.7 Å². The second-order valence-corrected chi connectivity index (χ2v) is 4.86. The van der Waals surface area contributed by atoms with E-state index in [1.165, 1.54) is 19.3 Å². The number of hydrogen-bond acceptors (Lipinski definition) is 2. The van der Waals surface area contributed by atoms with Gasteiger partial charge < -0.3 is 10.6 Å². The zero-order valence-electron chi connectivity index (χ0n) is 7.64. The molecule has 0 amide bonds. The Labute approximate surface area is 83.9 Å². The zero-order valence-corrected chi connectivity index (χ0v) is 9.28. The maximum Gasteiger partial charge on any atom is 0.166 e. The van der Waals surface area contributed by atoms with E-state index in [4.69, 9.17) is 12.2 Å². The molecule has 1 saturated carbocycles. The van der Waals surface area contributed by atoms with Gasteiger partial charge in [0.2, 0.25) is 0 Å². The number of thiocarbonyl (C=S) groups is 1. The van der Waals surface area contributed by atoms with E-state index in [0.717, 1.165) is 11.7 Å². The van der Waals surface area contributed by atoms with Crippen LogP contribution in [0.5, 0.6) is 0 Å². The SMILES string of the molecule is CNC(=S)NCC1(SC)CCC1. The molecule has 12 heavy (non-hydrogen) atoms. The van der Waals surface area contributed by atoms with Crippen molar-refractivity contribution in [2.24, 2.45) is 0 Å². The second kappa shape index (κ2) is 4.33. The molecule has 0 aromatic carbocycles. The first-order chi connectivity index (χ1) is 5.72. The lowest BCUT2D eigenvalue weighted by molar-refractivity contribution is 0.361. The molecule has 0 aromatic rings. The lowest BCUT2D eigenvalue weighted by Crippen LogP contribution is -2.47. The van der Waals surface area contributed by atoms with Crippen molar-refractivity contribution in [2.75, 3.05) is 19.8 Å². The highest BCUT2D eigenvalue weighted by Gasteiger charge is 2.35. The van der Waals surface area contributed by atoms with E-state index in [9.17, 15) is 0 Å². The summed E-state index contributed by atoms with van der Waals surface area (Å²) in [6.45, 7) is 1.01. The molecule has 1 rings (SSSR count). The van der Waals surface area contributed by atoms with Crippen LogP contribution in [0.1, 0.15) is 19.3 Å². The summed E-state index contributed by atoms with van der Waals surface area (Å²) in [5.74, 6) is 0. The molecular weight excluding hydrogens is 188 g/mol. The van der Waals surface area contributed by atoms with Gasteiger partial charge in [0.1, 0.15) is 0 Å². The molecule has 2 nitrogen and oxygen atoms in total. The third kappa shape index (κ3) is 2.26. The first-order valence-electron chi connectivity index (χ1n) is 4.23. The summed E-state index contributed by atoms with van der Waals surface area (Å²) in [5, 5.41) is 6.91. The van der Waals surface area contributed by atoms with Gasteiger partial charge in [-0.15, -0.1) is 0 Å². The molecule has 70 valence electrons. The predicted octanol–water partition coefficient (Wildman–Crippen LogP) is 1.37. The van der Waals surface area contributed by atoms with E-state index in [-0.39, 0.29) is 0 Å². The minimum Gasteiger partial charge on any atom is -0.366 e. The quantitative estimate of drug-likeness (QED) is 0.678. The lowest BCUT2D eigenvalue weighted by atomic mass is 9.84. The van der Waals surface area contributed by atoms with Gasteiger partial charge in [0.05, 0.1) is 0 Å². The van der Waals surface area contributed by atoms with Gasteiger partial charge in [-0.05, 0) is 31.3 Å². The Morgan fingerprint density at radius 1 is 1.58 bits per heavy atom. The molecule has 4 heteroatoms. The van der Waals surface area contributed by atoms with E-state index in [1.807, 2.05) is 18.8 Å². The van der Waals surface area contributed by atoms with Gasteiger partial charge >= 0.3 is 0 Å². The largest absolute Gasteiger partial charge is 0.366 e. The Hall–Kier alpha value is 0.0400. The first-order valence-corrected chi connectivity index (χ1v) is 5.86. The molecule has 2 N–H and O–H groups in total. The lowest BCUT2D eigenvalue weighted by Gasteiger charge is -2.40. The Kier molecular flexibility index (Phi) is 3.65. The Balaban J connectivity index is 2.24. The minimum absolute atomic E-state index is 0.473. The molecule has 0 spiro atoms. The van der Waals surface area contributed by atoms with Gasteiger partial charge in [0.25, 0.3) is 0 Å². The van der Waals surface area contributed by atoms with E-state index in [1.54, 1.807) is 0 Å². The fraction of sp³-hybridized carbons (Fsp3) is 0.875. The minimum atomic E-state index is 0.473. The zero-order chi connectivity index (χ0) is 9.03. The molecule has 0 saturated heterocycles. The van der Waals surface area contributed by atoms with Crippen LogP contribution in [0.3, 0.4) is 0 Å². The topological polar surface area (TPSA) is 24.1 Å². The van der Waals surface area contributed by atoms with E-state index in [0.29, 0.717) is 4.75 Å². The van der Waals surface area contributed by atoms with Crippen molar-refractivity contribution in [3.05, 3.63) is 0 Å². The molecular formula is C8H16N2S2. The summed E-state index contributed by atoms with van der Waals surface area (Å²) in [7, 11) is 1.85. The van der Waals surface area contributed by atoms with Gasteiger partial charge in [-0.25, -0.2) is 0 Å². The van der Waals surface area contributed by atoms with Crippen molar-refractivity contribution < 1.29 is 0 Å². The number of hydrogen-bond donors (Lipinski definition) is 2. The molecule has 0 aliphatic heterocycles. The van der Waals surface area contributed by atoms with Crippen molar-refractivity contribution in [1.82, 2.24) is 10.6 Å². The molecule has 0 heterocycles. The van der Waals surface area contributed by atoms with E-state index < -0.39 is 0 Å². The predicted molar refractivity (Wildman–Crippen MR) is 59.8 cm³/mol. The summed E-state index contributed by atoms with van der Waals surface area (Å²) in [6, 6.07) is 0. The van der Waals surface area contributed by atoms with Gasteiger partial charge in [0, 0.05) is 18.3 Å². The number of nitrogens with one attached hydrogen (secondary N) is 2. The van der Waals surface area contributed by atoms with Crippen LogP contribution >= 0.6 is 24.0 Å². The molecule has 1 aliphatic rings. The van der Waals surface area contributed by atoms with Crippen molar-refractivity contribution in [2.45, 2.75) is 24.0 Å². The van der Waals surface area contributed by atoms with Gasteiger partial charge in [-0.1, -0.05) is 6.42 Å². The fourth-order valence-corrected chi connectivity index (χ4v) is 2.34. The smallest absolute Gasteiger partial charge is 0.166 e. The van der Waals surface area contributed by atoms with Crippen LogP contribution in [-0.2, 0) is 0 Å². The summed E-state index contributed by atoms with van der Waals surface area (Å²) in [6.07, 6.45) is 6.21. The highest BCUT2D eigenvalue weighted by molar-refractivity contribution is 8.00. The van der Waals surface area contributed by atoms with Crippen molar-refractivity contribution in [1.29, 1.82) is 0 Å².